The van der Waals surface area contributed by atoms with E-state index in [0.29, 0.717) is 0 Å². The van der Waals surface area contributed by atoms with E-state index in [2.05, 4.69) is 35.8 Å². The van der Waals surface area contributed by atoms with Gasteiger partial charge in [-0.1, -0.05) is 36.4 Å². The van der Waals surface area contributed by atoms with Gasteiger partial charge in [-0.3, -0.25) is 4.98 Å². The minimum atomic E-state index is 0.911. The second-order valence-electron chi connectivity index (χ2n) is 3.63. The zero-order chi connectivity index (χ0) is 9.97. The summed E-state index contributed by atoms with van der Waals surface area (Å²) in [6.07, 6.45) is 2.75. The van der Waals surface area contributed by atoms with Gasteiger partial charge >= 0.3 is 0 Å². The molecule has 0 aliphatic rings. The second-order valence-corrected chi connectivity index (χ2v) is 3.63. The molecule has 1 nitrogen and oxygen atoms in total. The first-order valence-corrected chi connectivity index (χ1v) is 4.74. The first-order valence-electron chi connectivity index (χ1n) is 4.74. The molecule has 0 amide bonds. The fourth-order valence-electron chi connectivity index (χ4n) is 1.64. The van der Waals surface area contributed by atoms with Crippen molar-refractivity contribution >= 4 is 10.9 Å². The number of hydrogen-bond donors (Lipinski definition) is 0. The van der Waals surface area contributed by atoms with E-state index in [9.17, 15) is 0 Å². The Morgan fingerprint density at radius 1 is 1.29 bits per heavy atom. The molecule has 0 aliphatic carbocycles. The fraction of sp³-hybridized carbons (Fsp3) is 0.154. The van der Waals surface area contributed by atoms with E-state index in [4.69, 9.17) is 0 Å². The Labute approximate surface area is 84.1 Å². The van der Waals surface area contributed by atoms with Crippen LogP contribution in [0.2, 0.25) is 0 Å². The maximum atomic E-state index is 4.39. The smallest absolute Gasteiger partial charge is 0.0737 e. The van der Waals surface area contributed by atoms with Crippen LogP contribution in [-0.4, -0.2) is 4.98 Å². The van der Waals surface area contributed by atoms with Crippen molar-refractivity contribution in [2.24, 2.45) is 0 Å². The van der Waals surface area contributed by atoms with E-state index in [1.807, 2.05) is 19.2 Å². The van der Waals surface area contributed by atoms with E-state index in [1.54, 1.807) is 0 Å². The topological polar surface area (TPSA) is 12.9 Å². The summed E-state index contributed by atoms with van der Waals surface area (Å²) in [5.74, 6) is 0. The summed E-state index contributed by atoms with van der Waals surface area (Å²) >= 11 is 0. The van der Waals surface area contributed by atoms with Crippen LogP contribution in [0.25, 0.3) is 10.9 Å². The van der Waals surface area contributed by atoms with Crippen molar-refractivity contribution in [2.75, 3.05) is 0 Å². The van der Waals surface area contributed by atoms with Crippen molar-refractivity contribution in [3.8, 4) is 0 Å². The van der Waals surface area contributed by atoms with Crippen LogP contribution in [0, 0.1) is 0 Å². The molecule has 0 N–H and O–H groups in total. The van der Waals surface area contributed by atoms with Crippen molar-refractivity contribution in [3.05, 3.63) is 54.2 Å². The van der Waals surface area contributed by atoms with Crippen LogP contribution in [0.15, 0.2) is 48.7 Å². The number of fused-ring (bicyclic) bond motifs is 1. The van der Waals surface area contributed by atoms with E-state index in [0.717, 1.165) is 11.9 Å². The highest BCUT2D eigenvalue weighted by atomic mass is 14.6. The van der Waals surface area contributed by atoms with Crippen LogP contribution in [0.4, 0.5) is 0 Å². The monoisotopic (exact) mass is 183 g/mol. The predicted molar refractivity (Wildman–Crippen MR) is 60.3 cm³/mol. The third-order valence-electron chi connectivity index (χ3n) is 2.21. The van der Waals surface area contributed by atoms with Gasteiger partial charge in [0, 0.05) is 11.6 Å². The van der Waals surface area contributed by atoms with Crippen molar-refractivity contribution in [1.82, 2.24) is 4.98 Å². The van der Waals surface area contributed by atoms with Gasteiger partial charge < -0.3 is 0 Å². The highest BCUT2D eigenvalue weighted by Crippen LogP contribution is 2.17. The minimum absolute atomic E-state index is 0.911. The molecule has 70 valence electrons. The quantitative estimate of drug-likeness (QED) is 0.650. The lowest BCUT2D eigenvalue weighted by Gasteiger charge is -2.04. The summed E-state index contributed by atoms with van der Waals surface area (Å²) in [4.78, 5) is 4.39. The highest BCUT2D eigenvalue weighted by molar-refractivity contribution is 5.81. The standard InChI is InChI=1S/C13H13N/c1-10(2)9-12-6-3-5-11-7-4-8-14-13(11)12/h3-8H,1,9H2,2H3. The van der Waals surface area contributed by atoms with Crippen LogP contribution in [-0.2, 0) is 6.42 Å². The van der Waals surface area contributed by atoms with Crippen molar-refractivity contribution in [1.29, 1.82) is 0 Å². The van der Waals surface area contributed by atoms with Crippen LogP contribution in [0.3, 0.4) is 0 Å². The van der Waals surface area contributed by atoms with Crippen molar-refractivity contribution < 1.29 is 0 Å². The first-order chi connectivity index (χ1) is 6.77. The molecule has 0 atom stereocenters. The number of aromatic nitrogens is 1. The minimum Gasteiger partial charge on any atom is -0.256 e. The molecule has 0 bridgehead atoms. The average Bonchev–Trinajstić information content (AvgIpc) is 2.18. The summed E-state index contributed by atoms with van der Waals surface area (Å²) in [6, 6.07) is 10.3. The molecule has 0 saturated heterocycles. The van der Waals surface area contributed by atoms with Gasteiger partial charge in [0.2, 0.25) is 0 Å². The van der Waals surface area contributed by atoms with Gasteiger partial charge in [-0.15, -0.1) is 0 Å². The lowest BCUT2D eigenvalue weighted by atomic mass is 10.0. The number of rotatable bonds is 2. The van der Waals surface area contributed by atoms with Gasteiger partial charge in [0.25, 0.3) is 0 Å². The molecule has 2 rings (SSSR count). The van der Waals surface area contributed by atoms with Crippen LogP contribution in [0.1, 0.15) is 12.5 Å². The summed E-state index contributed by atoms with van der Waals surface area (Å²) < 4.78 is 0. The number of benzene rings is 1. The number of allylic oxidation sites excluding steroid dienone is 1. The van der Waals surface area contributed by atoms with Gasteiger partial charge in [0.05, 0.1) is 5.52 Å². The third kappa shape index (κ3) is 1.67. The summed E-state index contributed by atoms with van der Waals surface area (Å²) in [5, 5.41) is 1.20. The highest BCUT2D eigenvalue weighted by Gasteiger charge is 2.00. The molecular weight excluding hydrogens is 170 g/mol. The van der Waals surface area contributed by atoms with Gasteiger partial charge in [0.1, 0.15) is 0 Å². The lowest BCUT2D eigenvalue weighted by molar-refractivity contribution is 1.16. The van der Waals surface area contributed by atoms with Gasteiger partial charge in [-0.05, 0) is 25.0 Å². The Morgan fingerprint density at radius 2 is 2.07 bits per heavy atom. The van der Waals surface area contributed by atoms with E-state index in [1.165, 1.54) is 16.5 Å². The molecule has 1 aromatic carbocycles. The third-order valence-corrected chi connectivity index (χ3v) is 2.21. The number of nitrogens with zero attached hydrogens (tertiary/aromatic N) is 1. The molecule has 1 heterocycles. The van der Waals surface area contributed by atoms with E-state index in [-0.39, 0.29) is 0 Å². The summed E-state index contributed by atoms with van der Waals surface area (Å²) in [6.45, 7) is 5.97. The molecule has 0 saturated carbocycles. The average molecular weight is 183 g/mol. The molecule has 1 heteroatoms. The maximum Gasteiger partial charge on any atom is 0.0737 e. The Morgan fingerprint density at radius 3 is 2.86 bits per heavy atom. The Bertz CT molecular complexity index is 466. The predicted octanol–water partition coefficient (Wildman–Crippen LogP) is 3.35. The zero-order valence-corrected chi connectivity index (χ0v) is 8.33. The Hall–Kier alpha value is -1.63. The van der Waals surface area contributed by atoms with Crippen LogP contribution >= 0.6 is 0 Å². The normalized spacial score (nSPS) is 10.4. The number of pyridine rings is 1. The first kappa shape index (κ1) is 8.95. The molecule has 2 aromatic rings. The largest absolute Gasteiger partial charge is 0.256 e. The van der Waals surface area contributed by atoms with Crippen LogP contribution in [0.5, 0.6) is 0 Å². The summed E-state index contributed by atoms with van der Waals surface area (Å²) in [5.41, 5.74) is 3.52. The van der Waals surface area contributed by atoms with Gasteiger partial charge in [-0.2, -0.15) is 0 Å². The second kappa shape index (κ2) is 3.62. The molecule has 14 heavy (non-hydrogen) atoms. The fourth-order valence-corrected chi connectivity index (χ4v) is 1.64. The van der Waals surface area contributed by atoms with E-state index >= 15 is 0 Å². The molecule has 0 spiro atoms. The zero-order valence-electron chi connectivity index (χ0n) is 8.33. The molecular formula is C13H13N. The molecule has 0 fully saturated rings. The number of hydrogen-bond acceptors (Lipinski definition) is 1. The maximum absolute atomic E-state index is 4.39. The van der Waals surface area contributed by atoms with Gasteiger partial charge in [-0.25, -0.2) is 0 Å². The molecule has 0 unspecified atom stereocenters. The molecule has 0 aliphatic heterocycles. The van der Waals surface area contributed by atoms with Crippen LogP contribution < -0.4 is 0 Å². The van der Waals surface area contributed by atoms with E-state index < -0.39 is 0 Å². The molecule has 0 radical (unpaired) electrons. The van der Waals surface area contributed by atoms with Crippen molar-refractivity contribution in [3.63, 3.8) is 0 Å². The van der Waals surface area contributed by atoms with Crippen molar-refractivity contribution in [2.45, 2.75) is 13.3 Å². The lowest BCUT2D eigenvalue weighted by Crippen LogP contribution is -1.89. The number of para-hydroxylation sites is 1. The van der Waals surface area contributed by atoms with Gasteiger partial charge in [0.15, 0.2) is 0 Å². The Kier molecular flexibility index (Phi) is 2.32. The SMILES string of the molecule is C=C(C)Cc1cccc2cccnc12. The Balaban J connectivity index is 2.59. The summed E-state index contributed by atoms with van der Waals surface area (Å²) in [7, 11) is 0. The molecule has 1 aromatic heterocycles.